The van der Waals surface area contributed by atoms with Crippen LogP contribution in [0.3, 0.4) is 0 Å². The molecule has 0 aliphatic heterocycles. The normalized spacial score (nSPS) is 15.3. The van der Waals surface area contributed by atoms with E-state index in [9.17, 15) is 18.0 Å². The molecule has 0 spiro atoms. The molecule has 18 heavy (non-hydrogen) atoms. The monoisotopic (exact) mass is 259 g/mol. The van der Waals surface area contributed by atoms with Crippen LogP contribution >= 0.6 is 0 Å². The second-order valence-corrected chi connectivity index (χ2v) is 4.15. The van der Waals surface area contributed by atoms with Gasteiger partial charge in [0.25, 0.3) is 5.91 Å². The quantitative estimate of drug-likeness (QED) is 0.869. The van der Waals surface area contributed by atoms with Gasteiger partial charge in [-0.3, -0.25) is 4.79 Å². The number of alkyl halides is 3. The summed E-state index contributed by atoms with van der Waals surface area (Å²) in [5.41, 5.74) is 0.347. The molecule has 0 atom stereocenters. The van der Waals surface area contributed by atoms with Crippen LogP contribution in [0, 0.1) is 0 Å². The summed E-state index contributed by atoms with van der Waals surface area (Å²) >= 11 is 0. The second-order valence-electron chi connectivity index (χ2n) is 4.15. The molecular weight excluding hydrogens is 247 g/mol. The summed E-state index contributed by atoms with van der Waals surface area (Å²) in [6.07, 6.45) is -1.07. The zero-order chi connectivity index (χ0) is 13.2. The smallest absolute Gasteiger partial charge is 0.361 e. The number of carbonyl (C=O) groups excluding carboxylic acids is 1. The maximum atomic E-state index is 11.9. The predicted molar refractivity (Wildman–Crippen MR) is 59.3 cm³/mol. The molecule has 1 aliphatic carbocycles. The number of nitrogens with one attached hydrogen (secondary N) is 2. The Hall–Kier alpha value is -1.79. The molecule has 1 aromatic rings. The van der Waals surface area contributed by atoms with E-state index < -0.39 is 12.7 Å². The van der Waals surface area contributed by atoms with Gasteiger partial charge in [0.1, 0.15) is 12.4 Å². The molecule has 7 heteroatoms. The number of hydrogen-bond acceptors (Lipinski definition) is 3. The molecule has 0 radical (unpaired) electrons. The summed E-state index contributed by atoms with van der Waals surface area (Å²) < 4.78 is 35.8. The molecule has 0 aromatic carbocycles. The van der Waals surface area contributed by atoms with Gasteiger partial charge >= 0.3 is 6.18 Å². The Bertz CT molecular complexity index is 426. The van der Waals surface area contributed by atoms with Crippen LogP contribution in [-0.2, 0) is 0 Å². The zero-order valence-corrected chi connectivity index (χ0v) is 9.42. The number of pyridine rings is 1. The van der Waals surface area contributed by atoms with Gasteiger partial charge in [-0.05, 0) is 25.0 Å². The molecular formula is C11H12F3N3O. The highest BCUT2D eigenvalue weighted by atomic mass is 19.4. The van der Waals surface area contributed by atoms with Gasteiger partial charge in [0.2, 0.25) is 0 Å². The molecule has 2 rings (SSSR count). The standard InChI is InChI=1S/C11H12F3N3O/c12-11(13,14)6-16-9-4-1-7(5-15-9)10(18)17-8-2-3-8/h1,4-5,8H,2-3,6H2,(H,15,16)(H,17,18). The van der Waals surface area contributed by atoms with Crippen molar-refractivity contribution in [2.24, 2.45) is 0 Å². The molecule has 2 N–H and O–H groups in total. The summed E-state index contributed by atoms with van der Waals surface area (Å²) in [6.45, 7) is -1.15. The van der Waals surface area contributed by atoms with E-state index in [1.165, 1.54) is 18.3 Å². The highest BCUT2D eigenvalue weighted by molar-refractivity contribution is 5.94. The first-order chi connectivity index (χ1) is 8.44. The number of anilines is 1. The van der Waals surface area contributed by atoms with E-state index in [1.54, 1.807) is 0 Å². The second kappa shape index (κ2) is 4.83. The number of halogens is 3. The van der Waals surface area contributed by atoms with Gasteiger partial charge in [-0.1, -0.05) is 0 Å². The van der Waals surface area contributed by atoms with E-state index in [4.69, 9.17) is 0 Å². The van der Waals surface area contributed by atoms with E-state index in [1.807, 2.05) is 0 Å². The van der Waals surface area contributed by atoms with Crippen LogP contribution in [0.15, 0.2) is 18.3 Å². The fourth-order valence-corrected chi connectivity index (χ4v) is 1.32. The average Bonchev–Trinajstić information content (AvgIpc) is 3.10. The van der Waals surface area contributed by atoms with E-state index >= 15 is 0 Å². The lowest BCUT2D eigenvalue weighted by atomic mass is 10.2. The molecule has 98 valence electrons. The molecule has 1 aromatic heterocycles. The van der Waals surface area contributed by atoms with Crippen LogP contribution in [0.4, 0.5) is 19.0 Å². The number of hydrogen-bond donors (Lipinski definition) is 2. The van der Waals surface area contributed by atoms with Crippen molar-refractivity contribution in [2.75, 3.05) is 11.9 Å². The van der Waals surface area contributed by atoms with E-state index in [0.717, 1.165) is 12.8 Å². The Balaban J connectivity index is 1.90. The van der Waals surface area contributed by atoms with E-state index in [-0.39, 0.29) is 17.8 Å². The first kappa shape index (κ1) is 12.7. The van der Waals surface area contributed by atoms with Crippen molar-refractivity contribution in [3.05, 3.63) is 23.9 Å². The highest BCUT2D eigenvalue weighted by Gasteiger charge is 2.27. The van der Waals surface area contributed by atoms with E-state index in [2.05, 4.69) is 15.6 Å². The Morgan fingerprint density at radius 1 is 1.39 bits per heavy atom. The van der Waals surface area contributed by atoms with Crippen LogP contribution < -0.4 is 10.6 Å². The van der Waals surface area contributed by atoms with Crippen molar-refractivity contribution in [1.29, 1.82) is 0 Å². The Labute approximate surface area is 102 Å². The van der Waals surface area contributed by atoms with Crippen molar-refractivity contribution in [3.63, 3.8) is 0 Å². The van der Waals surface area contributed by atoms with Crippen molar-refractivity contribution in [1.82, 2.24) is 10.3 Å². The van der Waals surface area contributed by atoms with Gasteiger partial charge in [0.15, 0.2) is 0 Å². The third kappa shape index (κ3) is 3.90. The fourth-order valence-electron chi connectivity index (χ4n) is 1.32. The molecule has 0 saturated heterocycles. The Morgan fingerprint density at radius 3 is 2.61 bits per heavy atom. The fraction of sp³-hybridized carbons (Fsp3) is 0.455. The first-order valence-electron chi connectivity index (χ1n) is 5.51. The number of aromatic nitrogens is 1. The minimum Gasteiger partial charge on any atom is -0.361 e. The maximum absolute atomic E-state index is 11.9. The van der Waals surface area contributed by atoms with Gasteiger partial charge in [0.05, 0.1) is 5.56 Å². The Kier molecular flexibility index (Phi) is 3.40. The lowest BCUT2D eigenvalue weighted by Gasteiger charge is -2.09. The average molecular weight is 259 g/mol. The summed E-state index contributed by atoms with van der Waals surface area (Å²) in [5.74, 6) is -0.150. The lowest BCUT2D eigenvalue weighted by molar-refractivity contribution is -0.115. The maximum Gasteiger partial charge on any atom is 0.405 e. The zero-order valence-electron chi connectivity index (χ0n) is 9.42. The van der Waals surface area contributed by atoms with Crippen molar-refractivity contribution >= 4 is 11.7 Å². The molecule has 1 amide bonds. The third-order valence-electron chi connectivity index (χ3n) is 2.41. The van der Waals surface area contributed by atoms with Gasteiger partial charge in [-0.25, -0.2) is 4.98 Å². The predicted octanol–water partition coefficient (Wildman–Crippen LogP) is 1.95. The van der Waals surface area contributed by atoms with Crippen LogP contribution in [0.25, 0.3) is 0 Å². The minimum absolute atomic E-state index is 0.0929. The number of amides is 1. The first-order valence-corrected chi connectivity index (χ1v) is 5.51. The number of carbonyl (C=O) groups is 1. The summed E-state index contributed by atoms with van der Waals surface area (Å²) in [4.78, 5) is 15.3. The molecule has 0 unspecified atom stereocenters. The van der Waals surface area contributed by atoms with Crippen LogP contribution in [-0.4, -0.2) is 29.7 Å². The Morgan fingerprint density at radius 2 is 2.11 bits per heavy atom. The van der Waals surface area contributed by atoms with Crippen molar-refractivity contribution in [3.8, 4) is 0 Å². The van der Waals surface area contributed by atoms with E-state index in [0.29, 0.717) is 5.56 Å². The number of nitrogens with zero attached hydrogens (tertiary/aromatic N) is 1. The van der Waals surface area contributed by atoms with Gasteiger partial charge in [-0.15, -0.1) is 0 Å². The molecule has 0 bridgehead atoms. The van der Waals surface area contributed by atoms with Crippen LogP contribution in [0.1, 0.15) is 23.2 Å². The minimum atomic E-state index is -4.29. The molecule has 4 nitrogen and oxygen atoms in total. The third-order valence-corrected chi connectivity index (χ3v) is 2.41. The summed E-state index contributed by atoms with van der Waals surface area (Å²) in [6, 6.07) is 3.04. The largest absolute Gasteiger partial charge is 0.405 e. The molecule has 1 aliphatic rings. The van der Waals surface area contributed by atoms with Crippen molar-refractivity contribution < 1.29 is 18.0 Å². The van der Waals surface area contributed by atoms with Gasteiger partial charge in [-0.2, -0.15) is 13.2 Å². The number of rotatable bonds is 4. The topological polar surface area (TPSA) is 54.0 Å². The van der Waals surface area contributed by atoms with Crippen LogP contribution in [0.5, 0.6) is 0 Å². The molecule has 1 heterocycles. The highest BCUT2D eigenvalue weighted by Crippen LogP contribution is 2.19. The summed E-state index contributed by atoms with van der Waals surface area (Å²) in [5, 5.41) is 4.90. The summed E-state index contributed by atoms with van der Waals surface area (Å²) in [7, 11) is 0. The molecule has 1 fully saturated rings. The lowest BCUT2D eigenvalue weighted by Crippen LogP contribution is -2.25. The van der Waals surface area contributed by atoms with Crippen molar-refractivity contribution in [2.45, 2.75) is 25.1 Å². The SMILES string of the molecule is O=C(NC1CC1)c1ccc(NCC(F)(F)F)nc1. The molecule has 1 saturated carbocycles. The van der Waals surface area contributed by atoms with Gasteiger partial charge < -0.3 is 10.6 Å². The van der Waals surface area contributed by atoms with Gasteiger partial charge in [0, 0.05) is 12.2 Å². The van der Waals surface area contributed by atoms with Crippen LogP contribution in [0.2, 0.25) is 0 Å².